The SMILES string of the molecule is CN(C)Nc1cc(C=O)ccc1C=O. The zero-order valence-electron chi connectivity index (χ0n) is 8.15. The summed E-state index contributed by atoms with van der Waals surface area (Å²) in [4.78, 5) is 21.2. The van der Waals surface area contributed by atoms with E-state index in [9.17, 15) is 9.59 Å². The first-order valence-corrected chi connectivity index (χ1v) is 4.15. The molecule has 0 heterocycles. The predicted octanol–water partition coefficient (Wildman–Crippen LogP) is 1.20. The topological polar surface area (TPSA) is 49.4 Å². The van der Waals surface area contributed by atoms with Gasteiger partial charge in [-0.1, -0.05) is 6.07 Å². The highest BCUT2D eigenvalue weighted by molar-refractivity contribution is 5.87. The van der Waals surface area contributed by atoms with Gasteiger partial charge in [0.15, 0.2) is 6.29 Å². The zero-order valence-corrected chi connectivity index (χ0v) is 8.15. The number of hydrogen-bond acceptors (Lipinski definition) is 4. The van der Waals surface area contributed by atoms with Crippen molar-refractivity contribution in [3.63, 3.8) is 0 Å². The molecule has 1 aromatic rings. The van der Waals surface area contributed by atoms with Gasteiger partial charge in [-0.05, 0) is 12.1 Å². The van der Waals surface area contributed by atoms with Gasteiger partial charge in [-0.25, -0.2) is 5.01 Å². The van der Waals surface area contributed by atoms with E-state index in [-0.39, 0.29) is 0 Å². The molecule has 0 saturated heterocycles. The molecule has 0 saturated carbocycles. The monoisotopic (exact) mass is 192 g/mol. The second-order valence-corrected chi connectivity index (χ2v) is 3.09. The van der Waals surface area contributed by atoms with E-state index < -0.39 is 0 Å². The van der Waals surface area contributed by atoms with Crippen molar-refractivity contribution in [1.82, 2.24) is 5.01 Å². The van der Waals surface area contributed by atoms with Gasteiger partial charge >= 0.3 is 0 Å². The van der Waals surface area contributed by atoms with Gasteiger partial charge in [0.2, 0.25) is 0 Å². The number of anilines is 1. The fourth-order valence-electron chi connectivity index (χ4n) is 1.09. The van der Waals surface area contributed by atoms with Crippen molar-refractivity contribution >= 4 is 18.3 Å². The van der Waals surface area contributed by atoms with Crippen molar-refractivity contribution in [3.8, 4) is 0 Å². The molecule has 4 heteroatoms. The summed E-state index contributed by atoms with van der Waals surface area (Å²) in [6, 6.07) is 4.86. The number of nitrogens with zero attached hydrogens (tertiary/aromatic N) is 1. The molecule has 14 heavy (non-hydrogen) atoms. The van der Waals surface area contributed by atoms with Crippen LogP contribution < -0.4 is 5.43 Å². The Balaban J connectivity index is 3.07. The Morgan fingerprint density at radius 1 is 1.21 bits per heavy atom. The molecular formula is C10H12N2O2. The fraction of sp³-hybridized carbons (Fsp3) is 0.200. The molecular weight excluding hydrogens is 180 g/mol. The van der Waals surface area contributed by atoms with Gasteiger partial charge in [0.1, 0.15) is 6.29 Å². The molecule has 0 radical (unpaired) electrons. The van der Waals surface area contributed by atoms with Crippen LogP contribution in [0.25, 0.3) is 0 Å². The average Bonchev–Trinajstić information content (AvgIpc) is 2.16. The number of aldehydes is 2. The molecule has 0 aliphatic rings. The van der Waals surface area contributed by atoms with Crippen LogP contribution >= 0.6 is 0 Å². The van der Waals surface area contributed by atoms with E-state index in [1.165, 1.54) is 0 Å². The summed E-state index contributed by atoms with van der Waals surface area (Å²) in [5.41, 5.74) is 4.65. The second kappa shape index (κ2) is 4.53. The molecule has 4 nitrogen and oxygen atoms in total. The van der Waals surface area contributed by atoms with E-state index in [4.69, 9.17) is 0 Å². The smallest absolute Gasteiger partial charge is 0.152 e. The maximum atomic E-state index is 10.7. The van der Waals surface area contributed by atoms with Crippen LogP contribution in [0.2, 0.25) is 0 Å². The molecule has 0 unspecified atom stereocenters. The maximum Gasteiger partial charge on any atom is 0.152 e. The molecule has 1 aromatic carbocycles. The van der Waals surface area contributed by atoms with Crippen LogP contribution in [0.3, 0.4) is 0 Å². The first-order chi connectivity index (χ1) is 6.67. The number of nitrogens with one attached hydrogen (secondary N) is 1. The summed E-state index contributed by atoms with van der Waals surface area (Å²) in [6.45, 7) is 0. The number of carbonyl (C=O) groups is 2. The summed E-state index contributed by atoms with van der Waals surface area (Å²) in [5, 5.41) is 1.71. The van der Waals surface area contributed by atoms with E-state index >= 15 is 0 Å². The number of carbonyl (C=O) groups excluding carboxylic acids is 2. The predicted molar refractivity (Wildman–Crippen MR) is 54.5 cm³/mol. The molecule has 0 amide bonds. The highest BCUT2D eigenvalue weighted by atomic mass is 16.1. The quantitative estimate of drug-likeness (QED) is 0.575. The van der Waals surface area contributed by atoms with Crippen molar-refractivity contribution in [3.05, 3.63) is 29.3 Å². The van der Waals surface area contributed by atoms with Crippen molar-refractivity contribution in [1.29, 1.82) is 0 Å². The Hall–Kier alpha value is -1.68. The first-order valence-electron chi connectivity index (χ1n) is 4.15. The molecule has 0 aliphatic carbocycles. The van der Waals surface area contributed by atoms with E-state index in [1.54, 1.807) is 23.2 Å². The van der Waals surface area contributed by atoms with E-state index in [0.717, 1.165) is 12.6 Å². The van der Waals surface area contributed by atoms with Gasteiger partial charge in [0, 0.05) is 25.2 Å². The Bertz CT molecular complexity index is 348. The zero-order chi connectivity index (χ0) is 10.6. The van der Waals surface area contributed by atoms with E-state index in [1.807, 2.05) is 14.1 Å². The number of rotatable bonds is 4. The Morgan fingerprint density at radius 2 is 1.93 bits per heavy atom. The summed E-state index contributed by atoms with van der Waals surface area (Å²) in [7, 11) is 3.62. The van der Waals surface area contributed by atoms with Crippen molar-refractivity contribution in [2.75, 3.05) is 19.5 Å². The van der Waals surface area contributed by atoms with Gasteiger partial charge in [-0.2, -0.15) is 0 Å². The second-order valence-electron chi connectivity index (χ2n) is 3.09. The summed E-state index contributed by atoms with van der Waals surface area (Å²) < 4.78 is 0. The first kappa shape index (κ1) is 10.4. The lowest BCUT2D eigenvalue weighted by atomic mass is 10.1. The van der Waals surface area contributed by atoms with Crippen molar-refractivity contribution < 1.29 is 9.59 Å². The normalized spacial score (nSPS) is 9.93. The minimum Gasteiger partial charge on any atom is -0.319 e. The summed E-state index contributed by atoms with van der Waals surface area (Å²) in [5.74, 6) is 0. The van der Waals surface area contributed by atoms with Crippen LogP contribution in [-0.2, 0) is 0 Å². The standard InChI is InChI=1S/C10H12N2O2/c1-12(2)11-10-5-8(6-13)3-4-9(10)7-14/h3-7,11H,1-2H3. The van der Waals surface area contributed by atoms with E-state index in [0.29, 0.717) is 16.8 Å². The molecule has 0 bridgehead atoms. The number of benzene rings is 1. The highest BCUT2D eigenvalue weighted by Gasteiger charge is 2.03. The molecule has 0 fully saturated rings. The maximum absolute atomic E-state index is 10.7. The van der Waals surface area contributed by atoms with Crippen LogP contribution in [0.1, 0.15) is 20.7 Å². The molecule has 0 atom stereocenters. The lowest BCUT2D eigenvalue weighted by Crippen LogP contribution is -2.20. The molecule has 0 aromatic heterocycles. The van der Waals surface area contributed by atoms with E-state index in [2.05, 4.69) is 5.43 Å². The summed E-state index contributed by atoms with van der Waals surface area (Å²) >= 11 is 0. The summed E-state index contributed by atoms with van der Waals surface area (Å²) in [6.07, 6.45) is 1.50. The van der Waals surface area contributed by atoms with Crippen LogP contribution in [0.4, 0.5) is 5.69 Å². The Kier molecular flexibility index (Phi) is 3.36. The van der Waals surface area contributed by atoms with Crippen LogP contribution in [0, 0.1) is 0 Å². The third-order valence-corrected chi connectivity index (χ3v) is 1.68. The Morgan fingerprint density at radius 3 is 2.43 bits per heavy atom. The molecule has 1 rings (SSSR count). The Labute approximate surface area is 82.5 Å². The largest absolute Gasteiger partial charge is 0.319 e. The van der Waals surface area contributed by atoms with Crippen molar-refractivity contribution in [2.45, 2.75) is 0 Å². The highest BCUT2D eigenvalue weighted by Crippen LogP contribution is 2.15. The van der Waals surface area contributed by atoms with Crippen LogP contribution in [0.5, 0.6) is 0 Å². The minimum atomic E-state index is 0.532. The van der Waals surface area contributed by atoms with Crippen LogP contribution in [0.15, 0.2) is 18.2 Å². The van der Waals surface area contributed by atoms with Gasteiger partial charge in [-0.15, -0.1) is 0 Å². The fourth-order valence-corrected chi connectivity index (χ4v) is 1.09. The molecule has 74 valence electrons. The lowest BCUT2D eigenvalue weighted by Gasteiger charge is -2.15. The molecule has 0 spiro atoms. The van der Waals surface area contributed by atoms with Gasteiger partial charge < -0.3 is 5.43 Å². The molecule has 0 aliphatic heterocycles. The van der Waals surface area contributed by atoms with Gasteiger partial charge in [-0.3, -0.25) is 9.59 Å². The average molecular weight is 192 g/mol. The van der Waals surface area contributed by atoms with Crippen molar-refractivity contribution in [2.24, 2.45) is 0 Å². The third-order valence-electron chi connectivity index (χ3n) is 1.68. The lowest BCUT2D eigenvalue weighted by molar-refractivity contribution is 0.111. The van der Waals surface area contributed by atoms with Gasteiger partial charge in [0.05, 0.1) is 5.69 Å². The minimum absolute atomic E-state index is 0.532. The van der Waals surface area contributed by atoms with Crippen LogP contribution in [-0.4, -0.2) is 31.7 Å². The molecule has 1 N–H and O–H groups in total. The number of hydrogen-bond donors (Lipinski definition) is 1. The number of hydrazine groups is 1. The van der Waals surface area contributed by atoms with Gasteiger partial charge in [0.25, 0.3) is 0 Å². The third kappa shape index (κ3) is 2.40.